The van der Waals surface area contributed by atoms with Crippen molar-refractivity contribution in [2.45, 2.75) is 6.92 Å². The van der Waals surface area contributed by atoms with E-state index in [2.05, 4.69) is 10.3 Å². The number of rotatable bonds is 5. The largest absolute Gasteiger partial charge is 0.478 e. The smallest absolute Gasteiger partial charge is 0.250 e. The van der Waals surface area contributed by atoms with Crippen molar-refractivity contribution in [1.29, 1.82) is 0 Å². The van der Waals surface area contributed by atoms with Crippen LogP contribution in [0, 0.1) is 0 Å². The van der Waals surface area contributed by atoms with Crippen molar-refractivity contribution in [2.24, 2.45) is 5.73 Å². The molecule has 0 unspecified atom stereocenters. The van der Waals surface area contributed by atoms with Crippen LogP contribution in [0.2, 0.25) is 0 Å². The topological polar surface area (TPSA) is 103 Å². The van der Waals surface area contributed by atoms with Gasteiger partial charge in [0, 0.05) is 6.07 Å². The van der Waals surface area contributed by atoms with Gasteiger partial charge in [0.25, 0.3) is 5.91 Å². The number of benzene rings is 1. The van der Waals surface area contributed by atoms with Gasteiger partial charge < -0.3 is 21.5 Å². The van der Waals surface area contributed by atoms with Gasteiger partial charge in [0.05, 0.1) is 35.4 Å². The molecule has 0 bridgehead atoms. The lowest BCUT2D eigenvalue weighted by atomic mass is 10.1. The first-order valence-electron chi connectivity index (χ1n) is 6.16. The molecular weight excluding hydrogens is 256 g/mol. The van der Waals surface area contributed by atoms with Crippen molar-refractivity contribution in [3.05, 3.63) is 42.1 Å². The lowest BCUT2D eigenvalue weighted by Gasteiger charge is -2.11. The van der Waals surface area contributed by atoms with Gasteiger partial charge in [-0.15, -0.1) is 0 Å². The van der Waals surface area contributed by atoms with E-state index in [1.54, 1.807) is 30.5 Å². The molecule has 1 aromatic carbocycles. The Kier molecular flexibility index (Phi) is 4.05. The number of hydrogen-bond acceptors (Lipinski definition) is 5. The molecule has 20 heavy (non-hydrogen) atoms. The Morgan fingerprint density at radius 1 is 1.35 bits per heavy atom. The molecular formula is C14H16N4O2. The highest BCUT2D eigenvalue weighted by molar-refractivity contribution is 6.01. The second-order valence-corrected chi connectivity index (χ2v) is 4.07. The summed E-state index contributed by atoms with van der Waals surface area (Å²) in [5, 5.41) is 3.09. The highest BCUT2D eigenvalue weighted by Crippen LogP contribution is 2.26. The van der Waals surface area contributed by atoms with Crippen molar-refractivity contribution in [3.8, 4) is 5.88 Å². The maximum Gasteiger partial charge on any atom is 0.250 e. The number of hydrogen-bond donors (Lipinski definition) is 3. The summed E-state index contributed by atoms with van der Waals surface area (Å²) >= 11 is 0. The fourth-order valence-electron chi connectivity index (χ4n) is 1.73. The maximum atomic E-state index is 11.2. The Bertz CT molecular complexity index is 611. The summed E-state index contributed by atoms with van der Waals surface area (Å²) in [5.74, 6) is -0.00660. The molecule has 0 saturated heterocycles. The highest BCUT2D eigenvalue weighted by Gasteiger charge is 2.09. The fourth-order valence-corrected chi connectivity index (χ4v) is 1.73. The Balaban J connectivity index is 2.21. The van der Waals surface area contributed by atoms with Crippen molar-refractivity contribution in [3.63, 3.8) is 0 Å². The summed E-state index contributed by atoms with van der Waals surface area (Å²) in [5.41, 5.74) is 13.1. The number of amides is 1. The van der Waals surface area contributed by atoms with E-state index >= 15 is 0 Å². The van der Waals surface area contributed by atoms with Crippen LogP contribution in [0.1, 0.15) is 17.3 Å². The van der Waals surface area contributed by atoms with Crippen LogP contribution in [0.4, 0.5) is 17.1 Å². The van der Waals surface area contributed by atoms with Crippen LogP contribution in [0.25, 0.3) is 0 Å². The maximum absolute atomic E-state index is 11.2. The van der Waals surface area contributed by atoms with Gasteiger partial charge in [-0.1, -0.05) is 6.07 Å². The summed E-state index contributed by atoms with van der Waals surface area (Å²) in [4.78, 5) is 15.4. The summed E-state index contributed by atoms with van der Waals surface area (Å²) in [6.45, 7) is 2.46. The molecule has 2 aromatic rings. The third kappa shape index (κ3) is 2.97. The fraction of sp³-hybridized carbons (Fsp3) is 0.143. The zero-order chi connectivity index (χ0) is 14.5. The monoisotopic (exact) mass is 272 g/mol. The van der Waals surface area contributed by atoms with E-state index < -0.39 is 5.91 Å². The van der Waals surface area contributed by atoms with Gasteiger partial charge in [0.1, 0.15) is 0 Å². The predicted molar refractivity (Wildman–Crippen MR) is 78.1 cm³/mol. The molecule has 0 aliphatic heterocycles. The van der Waals surface area contributed by atoms with Gasteiger partial charge in [-0.2, -0.15) is 0 Å². The van der Waals surface area contributed by atoms with E-state index in [4.69, 9.17) is 16.2 Å². The number of ether oxygens (including phenoxy) is 1. The third-order valence-electron chi connectivity index (χ3n) is 2.68. The Labute approximate surface area is 116 Å². The van der Waals surface area contributed by atoms with Gasteiger partial charge >= 0.3 is 0 Å². The van der Waals surface area contributed by atoms with Gasteiger partial charge in [-0.25, -0.2) is 4.98 Å². The van der Waals surface area contributed by atoms with E-state index in [9.17, 15) is 4.79 Å². The molecule has 6 nitrogen and oxygen atoms in total. The summed E-state index contributed by atoms with van der Waals surface area (Å²) < 4.78 is 5.26. The van der Waals surface area contributed by atoms with Crippen LogP contribution in [0.15, 0.2) is 36.5 Å². The Morgan fingerprint density at radius 2 is 2.15 bits per heavy atom. The molecule has 0 saturated carbocycles. The number of nitrogens with zero attached hydrogens (tertiary/aromatic N) is 1. The number of nitrogen functional groups attached to an aromatic ring is 1. The standard InChI is InChI=1S/C14H16N4O2/c1-2-20-12-7-6-9(8-17-12)18-11-5-3-4-10(13(11)15)14(16)19/h3-8,18H,2,15H2,1H3,(H2,16,19). The van der Waals surface area contributed by atoms with Crippen molar-refractivity contribution in [2.75, 3.05) is 17.7 Å². The summed E-state index contributed by atoms with van der Waals surface area (Å²) in [6.07, 6.45) is 1.63. The number of para-hydroxylation sites is 1. The lowest BCUT2D eigenvalue weighted by molar-refractivity contribution is 0.100. The second kappa shape index (κ2) is 5.92. The van der Waals surface area contributed by atoms with Gasteiger partial charge in [-0.05, 0) is 25.1 Å². The number of primary amides is 1. The number of aromatic nitrogens is 1. The lowest BCUT2D eigenvalue weighted by Crippen LogP contribution is -2.14. The van der Waals surface area contributed by atoms with Gasteiger partial charge in [0.2, 0.25) is 5.88 Å². The van der Waals surface area contributed by atoms with Crippen molar-refractivity contribution >= 4 is 23.0 Å². The molecule has 0 aliphatic rings. The van der Waals surface area contributed by atoms with Crippen LogP contribution in [-0.4, -0.2) is 17.5 Å². The molecule has 6 heteroatoms. The first-order valence-corrected chi connectivity index (χ1v) is 6.16. The zero-order valence-corrected chi connectivity index (χ0v) is 11.1. The van der Waals surface area contributed by atoms with Crippen molar-refractivity contribution < 1.29 is 9.53 Å². The van der Waals surface area contributed by atoms with Crippen LogP contribution in [0.3, 0.4) is 0 Å². The third-order valence-corrected chi connectivity index (χ3v) is 2.68. The molecule has 2 rings (SSSR count). The van der Waals surface area contributed by atoms with Crippen LogP contribution < -0.4 is 21.5 Å². The van der Waals surface area contributed by atoms with Crippen LogP contribution >= 0.6 is 0 Å². The molecule has 1 amide bonds. The minimum Gasteiger partial charge on any atom is -0.478 e. The molecule has 0 spiro atoms. The number of anilines is 3. The number of carbonyl (C=O) groups is 1. The number of pyridine rings is 1. The van der Waals surface area contributed by atoms with Crippen LogP contribution in [0.5, 0.6) is 5.88 Å². The average Bonchev–Trinajstić information content (AvgIpc) is 2.43. The zero-order valence-electron chi connectivity index (χ0n) is 11.1. The van der Waals surface area contributed by atoms with E-state index in [1.165, 1.54) is 0 Å². The normalized spacial score (nSPS) is 10.1. The summed E-state index contributed by atoms with van der Waals surface area (Å²) in [6, 6.07) is 8.62. The first-order chi connectivity index (χ1) is 9.61. The Hall–Kier alpha value is -2.76. The van der Waals surface area contributed by atoms with Crippen LogP contribution in [-0.2, 0) is 0 Å². The number of nitrogens with one attached hydrogen (secondary N) is 1. The quantitative estimate of drug-likeness (QED) is 0.721. The predicted octanol–water partition coefficient (Wildman–Crippen LogP) is 1.90. The molecule has 1 aromatic heterocycles. The SMILES string of the molecule is CCOc1ccc(Nc2cccc(C(N)=O)c2N)cn1. The van der Waals surface area contributed by atoms with E-state index in [0.29, 0.717) is 23.9 Å². The molecule has 1 heterocycles. The second-order valence-electron chi connectivity index (χ2n) is 4.07. The molecule has 5 N–H and O–H groups in total. The summed E-state index contributed by atoms with van der Waals surface area (Å²) in [7, 11) is 0. The number of nitrogens with two attached hydrogens (primary N) is 2. The molecule has 0 atom stereocenters. The molecule has 0 aliphatic carbocycles. The van der Waals surface area contributed by atoms with E-state index in [1.807, 2.05) is 13.0 Å². The van der Waals surface area contributed by atoms with E-state index in [0.717, 1.165) is 5.69 Å². The minimum absolute atomic E-state index is 0.286. The van der Waals surface area contributed by atoms with Crippen molar-refractivity contribution in [1.82, 2.24) is 4.98 Å². The van der Waals surface area contributed by atoms with Gasteiger partial charge in [0.15, 0.2) is 0 Å². The van der Waals surface area contributed by atoms with E-state index in [-0.39, 0.29) is 5.56 Å². The first kappa shape index (κ1) is 13.7. The highest BCUT2D eigenvalue weighted by atomic mass is 16.5. The Morgan fingerprint density at radius 3 is 2.75 bits per heavy atom. The minimum atomic E-state index is -0.559. The van der Waals surface area contributed by atoms with Gasteiger partial charge in [-0.3, -0.25) is 4.79 Å². The average molecular weight is 272 g/mol. The molecule has 0 radical (unpaired) electrons. The molecule has 104 valence electrons. The number of carbonyl (C=O) groups excluding carboxylic acids is 1. The molecule has 0 fully saturated rings.